The third-order valence-corrected chi connectivity index (χ3v) is 10.9. The van der Waals surface area contributed by atoms with Gasteiger partial charge in [0, 0.05) is 29.1 Å². The van der Waals surface area contributed by atoms with Crippen LogP contribution < -0.4 is 0 Å². The van der Waals surface area contributed by atoms with Crippen LogP contribution in [0.25, 0.3) is 0 Å². The fourth-order valence-electron chi connectivity index (χ4n) is 6.05. The molecule has 216 valence electrons. The first-order valence-corrected chi connectivity index (χ1v) is 16.1. The second-order valence-corrected chi connectivity index (χ2v) is 14.1. The smallest absolute Gasteiger partial charge is 0.246 e. The standard InChI is InChI=1S/C28H33Cl3N4O4S/c1-18(2)33-17-26-34(40(38,39)25-10-9-21(30)15-22(25)31)16-24(32-11-4-3-5-12-32)28(37)35(26)23(27(33)36)14-19-7-6-8-20(29)13-19/h6-10,13,15,18,23-24,26H,3-5,11-12,14,16-17H2,1-2H3. The van der Waals surface area contributed by atoms with Crippen LogP contribution in [0.1, 0.15) is 38.7 Å². The maximum atomic E-state index is 14.3. The molecule has 0 aliphatic carbocycles. The number of piperazine rings is 1. The SMILES string of the molecule is CC(C)N1CC2N(C(=O)C(N3CCCCC3)CN2S(=O)(=O)c2ccc(Cl)cc2Cl)C(Cc2cccc(Cl)c2)C1=O. The van der Waals surface area contributed by atoms with Gasteiger partial charge in [-0.3, -0.25) is 14.5 Å². The molecule has 0 N–H and O–H groups in total. The van der Waals surface area contributed by atoms with E-state index in [-0.39, 0.29) is 47.3 Å². The van der Waals surface area contributed by atoms with E-state index in [4.69, 9.17) is 34.8 Å². The summed E-state index contributed by atoms with van der Waals surface area (Å²) in [7, 11) is -4.18. The zero-order valence-corrected chi connectivity index (χ0v) is 25.6. The number of halogens is 3. The normalized spacial score (nSPS) is 25.0. The predicted octanol–water partition coefficient (Wildman–Crippen LogP) is 4.52. The van der Waals surface area contributed by atoms with Gasteiger partial charge >= 0.3 is 0 Å². The molecule has 3 unspecified atom stereocenters. The van der Waals surface area contributed by atoms with Gasteiger partial charge in [0.1, 0.15) is 23.1 Å². The Morgan fingerprint density at radius 3 is 2.25 bits per heavy atom. The molecule has 2 aromatic carbocycles. The van der Waals surface area contributed by atoms with Crippen molar-refractivity contribution in [3.05, 3.63) is 63.1 Å². The first-order valence-electron chi connectivity index (χ1n) is 13.6. The third-order valence-electron chi connectivity index (χ3n) is 8.06. The minimum absolute atomic E-state index is 0.00792. The summed E-state index contributed by atoms with van der Waals surface area (Å²) >= 11 is 18.7. The Hall–Kier alpha value is -1.88. The topological polar surface area (TPSA) is 81.2 Å². The van der Waals surface area contributed by atoms with Crippen LogP contribution in [0.4, 0.5) is 0 Å². The molecule has 12 heteroatoms. The summed E-state index contributed by atoms with van der Waals surface area (Å²) in [4.78, 5) is 33.4. The highest BCUT2D eigenvalue weighted by Gasteiger charge is 2.55. The summed E-state index contributed by atoms with van der Waals surface area (Å²) in [6, 6.07) is 9.67. The number of fused-ring (bicyclic) bond motifs is 1. The van der Waals surface area contributed by atoms with Gasteiger partial charge in [-0.1, -0.05) is 53.4 Å². The van der Waals surface area contributed by atoms with E-state index in [1.54, 1.807) is 23.1 Å². The molecular weight excluding hydrogens is 595 g/mol. The largest absolute Gasteiger partial charge is 0.335 e. The van der Waals surface area contributed by atoms with Gasteiger partial charge < -0.3 is 9.80 Å². The Morgan fingerprint density at radius 2 is 1.60 bits per heavy atom. The molecule has 0 radical (unpaired) electrons. The molecule has 0 aromatic heterocycles. The van der Waals surface area contributed by atoms with Gasteiger partial charge in [0.05, 0.1) is 11.6 Å². The third kappa shape index (κ3) is 5.61. The Morgan fingerprint density at radius 1 is 0.900 bits per heavy atom. The van der Waals surface area contributed by atoms with Crippen molar-refractivity contribution in [1.82, 2.24) is 19.0 Å². The molecule has 0 bridgehead atoms. The summed E-state index contributed by atoms with van der Waals surface area (Å²) < 4.78 is 30.0. The summed E-state index contributed by atoms with van der Waals surface area (Å²) in [5.41, 5.74) is 0.790. The van der Waals surface area contributed by atoms with E-state index in [0.29, 0.717) is 23.1 Å². The molecule has 0 saturated carbocycles. The first-order chi connectivity index (χ1) is 19.0. The summed E-state index contributed by atoms with van der Waals surface area (Å²) in [6.45, 7) is 5.20. The lowest BCUT2D eigenvalue weighted by atomic mass is 9.95. The molecule has 3 atom stereocenters. The minimum Gasteiger partial charge on any atom is -0.335 e. The van der Waals surface area contributed by atoms with E-state index in [0.717, 1.165) is 24.8 Å². The van der Waals surface area contributed by atoms with Crippen molar-refractivity contribution < 1.29 is 18.0 Å². The van der Waals surface area contributed by atoms with Crippen molar-refractivity contribution in [3.8, 4) is 0 Å². The lowest BCUT2D eigenvalue weighted by Crippen LogP contribution is -2.76. The van der Waals surface area contributed by atoms with Gasteiger partial charge in [-0.15, -0.1) is 0 Å². The van der Waals surface area contributed by atoms with Crippen molar-refractivity contribution in [3.63, 3.8) is 0 Å². The molecular formula is C28H33Cl3N4O4S. The molecule has 3 heterocycles. The zero-order chi connectivity index (χ0) is 28.8. The van der Waals surface area contributed by atoms with Crippen molar-refractivity contribution >= 4 is 56.6 Å². The highest BCUT2D eigenvalue weighted by atomic mass is 35.5. The van der Waals surface area contributed by atoms with Crippen LogP contribution in [-0.4, -0.2) is 89.7 Å². The zero-order valence-electron chi connectivity index (χ0n) is 22.5. The van der Waals surface area contributed by atoms with E-state index in [9.17, 15) is 18.0 Å². The van der Waals surface area contributed by atoms with Crippen molar-refractivity contribution in [2.24, 2.45) is 0 Å². The van der Waals surface area contributed by atoms with Crippen molar-refractivity contribution in [1.29, 1.82) is 0 Å². The number of rotatable bonds is 6. The van der Waals surface area contributed by atoms with Gasteiger partial charge in [-0.05, 0) is 75.7 Å². The van der Waals surface area contributed by atoms with Gasteiger partial charge in [0.25, 0.3) is 0 Å². The van der Waals surface area contributed by atoms with E-state index in [1.165, 1.54) is 27.4 Å². The Labute approximate surface area is 250 Å². The highest BCUT2D eigenvalue weighted by Crippen LogP contribution is 2.36. The monoisotopic (exact) mass is 626 g/mol. The Bertz CT molecular complexity index is 1400. The Kier molecular flexibility index (Phi) is 8.72. The quantitative estimate of drug-likeness (QED) is 0.471. The number of hydrogen-bond acceptors (Lipinski definition) is 5. The molecule has 40 heavy (non-hydrogen) atoms. The summed E-state index contributed by atoms with van der Waals surface area (Å²) in [5.74, 6) is -0.426. The van der Waals surface area contributed by atoms with Gasteiger partial charge in [-0.25, -0.2) is 8.42 Å². The fraction of sp³-hybridized carbons (Fsp3) is 0.500. The molecule has 5 rings (SSSR count). The number of nitrogens with zero attached hydrogens (tertiary/aromatic N) is 4. The maximum Gasteiger partial charge on any atom is 0.246 e. The first kappa shape index (κ1) is 29.6. The molecule has 3 fully saturated rings. The molecule has 3 saturated heterocycles. The van der Waals surface area contributed by atoms with Crippen LogP contribution in [-0.2, 0) is 26.0 Å². The second-order valence-electron chi connectivity index (χ2n) is 10.9. The molecule has 2 amide bonds. The number of carbonyl (C=O) groups excluding carboxylic acids is 2. The number of carbonyl (C=O) groups is 2. The van der Waals surface area contributed by atoms with Crippen LogP contribution in [0.2, 0.25) is 15.1 Å². The minimum atomic E-state index is -4.18. The van der Waals surface area contributed by atoms with E-state index >= 15 is 0 Å². The van der Waals surface area contributed by atoms with Gasteiger partial charge in [0.2, 0.25) is 21.8 Å². The average Bonchev–Trinajstić information content (AvgIpc) is 2.90. The number of sulfonamides is 1. The van der Waals surface area contributed by atoms with Crippen LogP contribution >= 0.6 is 34.8 Å². The lowest BCUT2D eigenvalue weighted by molar-refractivity contribution is -0.172. The highest BCUT2D eigenvalue weighted by molar-refractivity contribution is 7.89. The van der Waals surface area contributed by atoms with Crippen LogP contribution in [0.3, 0.4) is 0 Å². The molecule has 3 aliphatic heterocycles. The Balaban J connectivity index is 1.63. The average molecular weight is 628 g/mol. The van der Waals surface area contributed by atoms with Crippen LogP contribution in [0.15, 0.2) is 47.4 Å². The predicted molar refractivity (Wildman–Crippen MR) is 156 cm³/mol. The number of amides is 2. The lowest BCUT2D eigenvalue weighted by Gasteiger charge is -2.55. The second kappa shape index (κ2) is 11.8. The molecule has 3 aliphatic rings. The molecule has 8 nitrogen and oxygen atoms in total. The van der Waals surface area contributed by atoms with E-state index in [2.05, 4.69) is 4.90 Å². The van der Waals surface area contributed by atoms with Crippen LogP contribution in [0.5, 0.6) is 0 Å². The summed E-state index contributed by atoms with van der Waals surface area (Å²) in [5, 5.41) is 0.853. The molecule has 0 spiro atoms. The fourth-order valence-corrected chi connectivity index (χ4v) is 8.59. The number of benzene rings is 2. The van der Waals surface area contributed by atoms with Gasteiger partial charge in [-0.2, -0.15) is 4.31 Å². The van der Waals surface area contributed by atoms with E-state index in [1.807, 2.05) is 19.9 Å². The van der Waals surface area contributed by atoms with Crippen molar-refractivity contribution in [2.45, 2.75) is 68.7 Å². The van der Waals surface area contributed by atoms with Gasteiger partial charge in [0.15, 0.2) is 0 Å². The number of hydrogen-bond donors (Lipinski definition) is 0. The van der Waals surface area contributed by atoms with Crippen molar-refractivity contribution in [2.75, 3.05) is 26.2 Å². The summed E-state index contributed by atoms with van der Waals surface area (Å²) in [6.07, 6.45) is 2.23. The number of likely N-dealkylation sites (tertiary alicyclic amines) is 1. The molecule has 2 aromatic rings. The van der Waals surface area contributed by atoms with Crippen LogP contribution in [0, 0.1) is 0 Å². The van der Waals surface area contributed by atoms with E-state index < -0.39 is 28.3 Å². The maximum absolute atomic E-state index is 14.3. The number of piperidine rings is 1.